The van der Waals surface area contributed by atoms with Crippen molar-refractivity contribution in [1.29, 1.82) is 0 Å². The van der Waals surface area contributed by atoms with Gasteiger partial charge >= 0.3 is 6.09 Å². The molecule has 0 heterocycles. The lowest BCUT2D eigenvalue weighted by molar-refractivity contribution is 0.140. The quantitative estimate of drug-likeness (QED) is 0.652. The number of alkyl carbamates (subject to hydrolysis) is 1. The molecule has 0 saturated carbocycles. The molecule has 3 aromatic rings. The summed E-state index contributed by atoms with van der Waals surface area (Å²) >= 11 is 0. The van der Waals surface area contributed by atoms with Gasteiger partial charge in [-0.1, -0.05) is 54.6 Å². The SMILES string of the molecule is Cc1cc(O)ccc1C(C)NC(=O)OCC1c2ccccc2-c2ccccc21. The van der Waals surface area contributed by atoms with Crippen LogP contribution in [0.25, 0.3) is 11.1 Å². The number of phenols is 1. The maximum atomic E-state index is 12.4. The van der Waals surface area contributed by atoms with Crippen LogP contribution in [0, 0.1) is 6.92 Å². The summed E-state index contributed by atoms with van der Waals surface area (Å²) in [4.78, 5) is 12.4. The third-order valence-corrected chi connectivity index (χ3v) is 5.40. The van der Waals surface area contributed by atoms with E-state index in [1.165, 1.54) is 22.3 Å². The third-order valence-electron chi connectivity index (χ3n) is 5.40. The minimum Gasteiger partial charge on any atom is -0.508 e. The number of rotatable bonds is 4. The number of phenolic OH excluding ortho intramolecular Hbond substituents is 1. The standard InChI is InChI=1S/C24H23NO3/c1-15-13-17(26)11-12-18(15)16(2)25-24(27)28-14-23-21-9-5-3-7-19(21)20-8-4-6-10-22(20)23/h3-13,16,23,26H,14H2,1-2H3,(H,25,27). The van der Waals surface area contributed by atoms with Crippen LogP contribution in [0.3, 0.4) is 0 Å². The molecule has 1 amide bonds. The third kappa shape index (κ3) is 3.33. The summed E-state index contributed by atoms with van der Waals surface area (Å²) in [6, 6.07) is 21.5. The number of aromatic hydroxyl groups is 1. The van der Waals surface area contributed by atoms with Crippen LogP contribution in [0.2, 0.25) is 0 Å². The summed E-state index contributed by atoms with van der Waals surface area (Å²) in [5.74, 6) is 0.262. The number of ether oxygens (including phenoxy) is 1. The highest BCUT2D eigenvalue weighted by Gasteiger charge is 2.29. The van der Waals surface area contributed by atoms with Crippen molar-refractivity contribution in [1.82, 2.24) is 5.32 Å². The van der Waals surface area contributed by atoms with E-state index in [0.29, 0.717) is 6.61 Å². The van der Waals surface area contributed by atoms with E-state index >= 15 is 0 Å². The Hall–Kier alpha value is -3.27. The van der Waals surface area contributed by atoms with E-state index in [9.17, 15) is 9.90 Å². The van der Waals surface area contributed by atoms with E-state index in [0.717, 1.165) is 11.1 Å². The molecule has 28 heavy (non-hydrogen) atoms. The fourth-order valence-corrected chi connectivity index (χ4v) is 4.04. The number of benzene rings is 3. The van der Waals surface area contributed by atoms with Gasteiger partial charge in [-0.15, -0.1) is 0 Å². The predicted molar refractivity (Wildman–Crippen MR) is 109 cm³/mol. The van der Waals surface area contributed by atoms with Crippen LogP contribution in [-0.4, -0.2) is 17.8 Å². The van der Waals surface area contributed by atoms with Crippen molar-refractivity contribution in [2.45, 2.75) is 25.8 Å². The average Bonchev–Trinajstić information content (AvgIpc) is 3.00. The number of hydrogen-bond donors (Lipinski definition) is 2. The molecule has 1 aliphatic carbocycles. The van der Waals surface area contributed by atoms with Gasteiger partial charge in [-0.05, 0) is 59.4 Å². The first-order valence-electron chi connectivity index (χ1n) is 9.45. The summed E-state index contributed by atoms with van der Waals surface area (Å²) < 4.78 is 5.60. The maximum Gasteiger partial charge on any atom is 0.407 e. The van der Waals surface area contributed by atoms with E-state index < -0.39 is 6.09 Å². The van der Waals surface area contributed by atoms with Crippen LogP contribution in [0.4, 0.5) is 4.79 Å². The van der Waals surface area contributed by atoms with Crippen LogP contribution >= 0.6 is 0 Å². The van der Waals surface area contributed by atoms with E-state index in [-0.39, 0.29) is 17.7 Å². The molecule has 0 fully saturated rings. The lowest BCUT2D eigenvalue weighted by Crippen LogP contribution is -2.29. The summed E-state index contributed by atoms with van der Waals surface area (Å²) in [5, 5.41) is 12.4. The average molecular weight is 373 g/mol. The Morgan fingerprint density at radius 2 is 1.64 bits per heavy atom. The highest BCUT2D eigenvalue weighted by molar-refractivity contribution is 5.79. The van der Waals surface area contributed by atoms with E-state index in [1.807, 2.05) is 44.2 Å². The van der Waals surface area contributed by atoms with E-state index in [1.54, 1.807) is 12.1 Å². The van der Waals surface area contributed by atoms with Crippen molar-refractivity contribution in [2.24, 2.45) is 0 Å². The monoisotopic (exact) mass is 373 g/mol. The molecular weight excluding hydrogens is 350 g/mol. The van der Waals surface area contributed by atoms with Crippen LogP contribution in [0.1, 0.15) is 41.1 Å². The topological polar surface area (TPSA) is 58.6 Å². The van der Waals surface area contributed by atoms with Crippen molar-refractivity contribution < 1.29 is 14.6 Å². The maximum absolute atomic E-state index is 12.4. The van der Waals surface area contributed by atoms with Crippen LogP contribution in [0.5, 0.6) is 5.75 Å². The minimum absolute atomic E-state index is 0.0452. The Labute approximate surface area is 164 Å². The zero-order valence-electron chi connectivity index (χ0n) is 16.0. The van der Waals surface area contributed by atoms with Crippen LogP contribution in [-0.2, 0) is 4.74 Å². The molecule has 4 nitrogen and oxygen atoms in total. The van der Waals surface area contributed by atoms with Gasteiger partial charge in [-0.25, -0.2) is 4.79 Å². The normalized spacial score (nSPS) is 13.5. The van der Waals surface area contributed by atoms with Gasteiger partial charge in [0.2, 0.25) is 0 Å². The number of aryl methyl sites for hydroxylation is 1. The Bertz CT molecular complexity index is 982. The van der Waals surface area contributed by atoms with Crippen molar-refractivity contribution in [3.8, 4) is 16.9 Å². The Morgan fingerprint density at radius 1 is 1.04 bits per heavy atom. The summed E-state index contributed by atoms with van der Waals surface area (Å²) in [6.45, 7) is 4.10. The van der Waals surface area contributed by atoms with Gasteiger partial charge in [0.25, 0.3) is 0 Å². The molecule has 4 heteroatoms. The first-order valence-corrected chi connectivity index (χ1v) is 9.45. The highest BCUT2D eigenvalue weighted by atomic mass is 16.5. The minimum atomic E-state index is -0.443. The van der Waals surface area contributed by atoms with Gasteiger partial charge in [-0.3, -0.25) is 0 Å². The molecule has 0 bridgehead atoms. The summed E-state index contributed by atoms with van der Waals surface area (Å²) in [6.07, 6.45) is -0.443. The van der Waals surface area contributed by atoms with Gasteiger partial charge < -0.3 is 15.2 Å². The van der Waals surface area contributed by atoms with Gasteiger partial charge in [-0.2, -0.15) is 0 Å². The molecule has 0 spiro atoms. The Morgan fingerprint density at radius 3 is 2.25 bits per heavy atom. The lowest BCUT2D eigenvalue weighted by atomic mass is 9.98. The van der Waals surface area contributed by atoms with Crippen molar-refractivity contribution >= 4 is 6.09 Å². The molecule has 3 aromatic carbocycles. The number of fused-ring (bicyclic) bond motifs is 3. The number of hydrogen-bond acceptors (Lipinski definition) is 3. The van der Waals surface area contributed by atoms with Crippen LogP contribution < -0.4 is 5.32 Å². The fraction of sp³-hybridized carbons (Fsp3) is 0.208. The second-order valence-electron chi connectivity index (χ2n) is 7.23. The molecule has 4 rings (SSSR count). The molecule has 1 atom stereocenters. The van der Waals surface area contributed by atoms with Gasteiger partial charge in [0.15, 0.2) is 0 Å². The van der Waals surface area contributed by atoms with E-state index in [4.69, 9.17) is 4.74 Å². The zero-order chi connectivity index (χ0) is 19.7. The second-order valence-corrected chi connectivity index (χ2v) is 7.23. The van der Waals surface area contributed by atoms with Crippen molar-refractivity contribution in [3.63, 3.8) is 0 Å². The number of carbonyl (C=O) groups is 1. The van der Waals surface area contributed by atoms with Gasteiger partial charge in [0.1, 0.15) is 12.4 Å². The zero-order valence-corrected chi connectivity index (χ0v) is 16.0. The van der Waals surface area contributed by atoms with E-state index in [2.05, 4.69) is 29.6 Å². The molecular formula is C24H23NO3. The molecule has 0 saturated heterocycles. The van der Waals surface area contributed by atoms with Gasteiger partial charge in [0, 0.05) is 5.92 Å². The molecule has 142 valence electrons. The molecule has 1 aliphatic rings. The number of nitrogens with one attached hydrogen (secondary N) is 1. The second kappa shape index (κ2) is 7.39. The molecule has 0 aromatic heterocycles. The van der Waals surface area contributed by atoms with Crippen LogP contribution in [0.15, 0.2) is 66.7 Å². The molecule has 0 radical (unpaired) electrons. The predicted octanol–water partition coefficient (Wildman–Crippen LogP) is 5.30. The molecule has 0 aliphatic heterocycles. The van der Waals surface area contributed by atoms with Crippen molar-refractivity contribution in [3.05, 3.63) is 89.0 Å². The Balaban J connectivity index is 1.45. The smallest absolute Gasteiger partial charge is 0.407 e. The number of carbonyl (C=O) groups excluding carboxylic acids is 1. The first-order chi connectivity index (χ1) is 13.5. The largest absolute Gasteiger partial charge is 0.508 e. The highest BCUT2D eigenvalue weighted by Crippen LogP contribution is 2.44. The summed E-state index contributed by atoms with van der Waals surface area (Å²) in [7, 11) is 0. The van der Waals surface area contributed by atoms with Gasteiger partial charge in [0.05, 0.1) is 6.04 Å². The Kier molecular flexibility index (Phi) is 4.78. The summed E-state index contributed by atoms with van der Waals surface area (Å²) in [5.41, 5.74) is 6.68. The number of amides is 1. The fourth-order valence-electron chi connectivity index (χ4n) is 4.04. The lowest BCUT2D eigenvalue weighted by Gasteiger charge is -2.18. The van der Waals surface area contributed by atoms with Crippen molar-refractivity contribution in [2.75, 3.05) is 6.61 Å². The molecule has 1 unspecified atom stereocenters. The first kappa shape index (κ1) is 18.1. The molecule has 2 N–H and O–H groups in total.